The molecule has 2 heterocycles. The van der Waals surface area contributed by atoms with Gasteiger partial charge in [-0.15, -0.1) is 0 Å². The van der Waals surface area contributed by atoms with Gasteiger partial charge in [-0.1, -0.05) is 0 Å². The summed E-state index contributed by atoms with van der Waals surface area (Å²) in [5.74, 6) is 0.0687. The number of nitrogens with one attached hydrogen (secondary N) is 1. The van der Waals surface area contributed by atoms with Crippen molar-refractivity contribution in [2.45, 2.75) is 25.3 Å². The topological polar surface area (TPSA) is 80.9 Å². The number of carbonyl (C=O) groups excluding carboxylic acids is 1. The van der Waals surface area contributed by atoms with Crippen molar-refractivity contribution in [2.24, 2.45) is 11.7 Å². The number of fused-ring (bicyclic) bond motifs is 1. The molecule has 0 aliphatic heterocycles. The summed E-state index contributed by atoms with van der Waals surface area (Å²) in [7, 11) is 0. The van der Waals surface area contributed by atoms with Gasteiger partial charge < -0.3 is 11.1 Å². The molecule has 5 heteroatoms. The molecule has 0 bridgehead atoms. The third-order valence-corrected chi connectivity index (χ3v) is 3.64. The van der Waals surface area contributed by atoms with E-state index in [9.17, 15) is 4.79 Å². The Labute approximate surface area is 111 Å². The molecular formula is C14H16N4O. The minimum atomic E-state index is 0.0230. The summed E-state index contributed by atoms with van der Waals surface area (Å²) in [6.45, 7) is 0. The van der Waals surface area contributed by atoms with E-state index in [2.05, 4.69) is 15.3 Å². The van der Waals surface area contributed by atoms with Gasteiger partial charge in [-0.25, -0.2) is 0 Å². The fourth-order valence-electron chi connectivity index (χ4n) is 2.59. The summed E-state index contributed by atoms with van der Waals surface area (Å²) in [6.07, 6.45) is 7.67. The summed E-state index contributed by atoms with van der Waals surface area (Å²) >= 11 is 0. The lowest BCUT2D eigenvalue weighted by Gasteiger charge is -2.12. The van der Waals surface area contributed by atoms with Crippen LogP contribution in [0.1, 0.15) is 19.3 Å². The lowest BCUT2D eigenvalue weighted by molar-refractivity contribution is -0.119. The Bertz CT molecular complexity index is 608. The first kappa shape index (κ1) is 12.0. The first-order chi connectivity index (χ1) is 9.24. The summed E-state index contributed by atoms with van der Waals surface area (Å²) in [5.41, 5.74) is 7.44. The van der Waals surface area contributed by atoms with Crippen molar-refractivity contribution < 1.29 is 4.79 Å². The van der Waals surface area contributed by atoms with E-state index >= 15 is 0 Å². The smallest absolute Gasteiger partial charge is 0.227 e. The van der Waals surface area contributed by atoms with E-state index in [0.29, 0.717) is 0 Å². The summed E-state index contributed by atoms with van der Waals surface area (Å²) in [6, 6.07) is 3.79. The fourth-order valence-corrected chi connectivity index (χ4v) is 2.59. The highest BCUT2D eigenvalue weighted by Crippen LogP contribution is 2.27. The van der Waals surface area contributed by atoms with Crippen molar-refractivity contribution in [1.82, 2.24) is 9.97 Å². The highest BCUT2D eigenvalue weighted by molar-refractivity contribution is 6.01. The normalized spacial score (nSPS) is 22.6. The standard InChI is InChI=1S/C14H16N4O/c15-10-2-1-9(7-10)14(19)18-13-4-6-17-12-3-5-16-8-11(12)13/h3-6,8-10H,1-2,7,15H2,(H,17,18,19). The first-order valence-electron chi connectivity index (χ1n) is 6.49. The first-order valence-corrected chi connectivity index (χ1v) is 6.49. The van der Waals surface area contributed by atoms with E-state index in [1.54, 1.807) is 24.7 Å². The highest BCUT2D eigenvalue weighted by Gasteiger charge is 2.27. The number of hydrogen-bond acceptors (Lipinski definition) is 4. The van der Waals surface area contributed by atoms with E-state index in [-0.39, 0.29) is 17.9 Å². The molecule has 3 rings (SSSR count). The summed E-state index contributed by atoms with van der Waals surface area (Å²) < 4.78 is 0. The average Bonchev–Trinajstić information content (AvgIpc) is 2.86. The van der Waals surface area contributed by atoms with Gasteiger partial charge in [-0.05, 0) is 31.4 Å². The summed E-state index contributed by atoms with van der Waals surface area (Å²) in [5, 5.41) is 3.83. The van der Waals surface area contributed by atoms with Gasteiger partial charge in [0.15, 0.2) is 0 Å². The molecule has 5 nitrogen and oxygen atoms in total. The Morgan fingerprint density at radius 2 is 2.21 bits per heavy atom. The minimum Gasteiger partial charge on any atom is -0.328 e. The van der Waals surface area contributed by atoms with Gasteiger partial charge in [0, 0.05) is 35.9 Å². The fraction of sp³-hybridized carbons (Fsp3) is 0.357. The number of aromatic nitrogens is 2. The van der Waals surface area contributed by atoms with Crippen LogP contribution in [0.5, 0.6) is 0 Å². The van der Waals surface area contributed by atoms with Crippen molar-refractivity contribution >= 4 is 22.5 Å². The Kier molecular flexibility index (Phi) is 3.13. The Morgan fingerprint density at radius 3 is 3.00 bits per heavy atom. The zero-order valence-electron chi connectivity index (χ0n) is 10.5. The predicted molar refractivity (Wildman–Crippen MR) is 73.5 cm³/mol. The molecule has 1 saturated carbocycles. The Morgan fingerprint density at radius 1 is 1.32 bits per heavy atom. The van der Waals surface area contributed by atoms with Crippen LogP contribution in [0.4, 0.5) is 5.69 Å². The molecule has 3 N–H and O–H groups in total. The van der Waals surface area contributed by atoms with Gasteiger partial charge in [0.1, 0.15) is 0 Å². The number of amides is 1. The second-order valence-corrected chi connectivity index (χ2v) is 5.01. The molecule has 2 unspecified atom stereocenters. The maximum atomic E-state index is 12.2. The maximum Gasteiger partial charge on any atom is 0.227 e. The molecule has 2 atom stereocenters. The van der Waals surface area contributed by atoms with Crippen LogP contribution >= 0.6 is 0 Å². The van der Waals surface area contributed by atoms with Gasteiger partial charge in [-0.2, -0.15) is 0 Å². The summed E-state index contributed by atoms with van der Waals surface area (Å²) in [4.78, 5) is 20.5. The van der Waals surface area contributed by atoms with Crippen LogP contribution in [0, 0.1) is 5.92 Å². The van der Waals surface area contributed by atoms with Gasteiger partial charge in [-0.3, -0.25) is 14.8 Å². The largest absolute Gasteiger partial charge is 0.328 e. The molecule has 2 aromatic heterocycles. The molecule has 1 fully saturated rings. The Hall–Kier alpha value is -2.01. The Balaban J connectivity index is 1.83. The van der Waals surface area contributed by atoms with E-state index in [0.717, 1.165) is 35.9 Å². The van der Waals surface area contributed by atoms with Gasteiger partial charge in [0.25, 0.3) is 0 Å². The number of hydrogen-bond donors (Lipinski definition) is 2. The zero-order chi connectivity index (χ0) is 13.2. The van der Waals surface area contributed by atoms with Gasteiger partial charge in [0.2, 0.25) is 5.91 Å². The van der Waals surface area contributed by atoms with Gasteiger partial charge >= 0.3 is 0 Å². The van der Waals surface area contributed by atoms with Crippen LogP contribution in [0.2, 0.25) is 0 Å². The molecule has 1 amide bonds. The van der Waals surface area contributed by atoms with Crippen LogP contribution in [0.3, 0.4) is 0 Å². The lowest BCUT2D eigenvalue weighted by atomic mass is 10.1. The third kappa shape index (κ3) is 2.42. The van der Waals surface area contributed by atoms with Crippen molar-refractivity contribution in [3.05, 3.63) is 30.7 Å². The monoisotopic (exact) mass is 256 g/mol. The van der Waals surface area contributed by atoms with E-state index in [4.69, 9.17) is 5.73 Å². The van der Waals surface area contributed by atoms with Crippen LogP contribution in [0.25, 0.3) is 10.9 Å². The van der Waals surface area contributed by atoms with E-state index in [1.807, 2.05) is 6.07 Å². The number of anilines is 1. The number of carbonyl (C=O) groups is 1. The van der Waals surface area contributed by atoms with Crippen LogP contribution in [0.15, 0.2) is 30.7 Å². The number of nitrogens with two attached hydrogens (primary N) is 1. The molecule has 0 spiro atoms. The number of rotatable bonds is 2. The number of pyridine rings is 2. The maximum absolute atomic E-state index is 12.2. The van der Waals surface area contributed by atoms with Crippen molar-refractivity contribution in [3.8, 4) is 0 Å². The van der Waals surface area contributed by atoms with Crippen LogP contribution < -0.4 is 11.1 Å². The van der Waals surface area contributed by atoms with Crippen LogP contribution in [-0.2, 0) is 4.79 Å². The second kappa shape index (κ2) is 4.93. The van der Waals surface area contributed by atoms with Gasteiger partial charge in [0.05, 0.1) is 11.2 Å². The highest BCUT2D eigenvalue weighted by atomic mass is 16.1. The molecule has 19 heavy (non-hydrogen) atoms. The SMILES string of the molecule is NC1CCC(C(=O)Nc2ccnc3ccncc23)C1. The molecule has 2 aromatic rings. The molecule has 98 valence electrons. The zero-order valence-corrected chi connectivity index (χ0v) is 10.5. The number of nitrogens with zero attached hydrogens (tertiary/aromatic N) is 2. The molecule has 1 aliphatic carbocycles. The van der Waals surface area contributed by atoms with E-state index in [1.165, 1.54) is 0 Å². The average molecular weight is 256 g/mol. The van der Waals surface area contributed by atoms with Crippen molar-refractivity contribution in [1.29, 1.82) is 0 Å². The molecular weight excluding hydrogens is 240 g/mol. The molecule has 0 saturated heterocycles. The third-order valence-electron chi connectivity index (χ3n) is 3.64. The van der Waals surface area contributed by atoms with Crippen LogP contribution in [-0.4, -0.2) is 21.9 Å². The van der Waals surface area contributed by atoms with E-state index < -0.39 is 0 Å². The second-order valence-electron chi connectivity index (χ2n) is 5.01. The molecule has 0 aromatic carbocycles. The van der Waals surface area contributed by atoms with Crippen molar-refractivity contribution in [2.75, 3.05) is 5.32 Å². The molecule has 0 radical (unpaired) electrons. The predicted octanol–water partition coefficient (Wildman–Crippen LogP) is 1.70. The molecule has 1 aliphatic rings. The lowest BCUT2D eigenvalue weighted by Crippen LogP contribution is -2.23. The van der Waals surface area contributed by atoms with Crippen molar-refractivity contribution in [3.63, 3.8) is 0 Å². The quantitative estimate of drug-likeness (QED) is 0.856. The minimum absolute atomic E-state index is 0.0230.